The smallest absolute Gasteiger partial charge is 0.228 e. The monoisotopic (exact) mass is 441 g/mol. The largest absolute Gasteiger partial charge is 0.494 e. The number of nitrogens with one attached hydrogen (secondary N) is 2. The van der Waals surface area contributed by atoms with Gasteiger partial charge < -0.3 is 10.1 Å². The average molecular weight is 442 g/mol. The normalized spacial score (nSPS) is 18.5. The molecule has 0 bridgehead atoms. The Balaban J connectivity index is 1.60. The summed E-state index contributed by atoms with van der Waals surface area (Å²) < 4.78 is 5.57. The fraction of sp³-hybridized carbons (Fsp3) is 0.333. The Morgan fingerprint density at radius 2 is 2.27 bits per heavy atom. The molecule has 0 amide bonds. The van der Waals surface area contributed by atoms with E-state index in [4.69, 9.17) is 16.3 Å². The van der Waals surface area contributed by atoms with Gasteiger partial charge in [0.05, 0.1) is 29.9 Å². The molecule has 0 aliphatic heterocycles. The van der Waals surface area contributed by atoms with Crippen molar-refractivity contribution in [2.45, 2.75) is 32.6 Å². The number of hydrogen-bond donors (Lipinski definition) is 2. The van der Waals surface area contributed by atoms with Gasteiger partial charge in [-0.3, -0.25) is 9.89 Å². The summed E-state index contributed by atoms with van der Waals surface area (Å²) in [6.07, 6.45) is 6.25. The molecule has 7 nitrogen and oxygen atoms in total. The zero-order valence-electron chi connectivity index (χ0n) is 16.6. The van der Waals surface area contributed by atoms with Crippen molar-refractivity contribution in [3.8, 4) is 5.75 Å². The molecule has 0 spiro atoms. The van der Waals surface area contributed by atoms with E-state index in [1.807, 2.05) is 19.1 Å². The number of aromatic nitrogens is 4. The summed E-state index contributed by atoms with van der Waals surface area (Å²) >= 11 is 7.62. The Morgan fingerprint density at radius 3 is 3.03 bits per heavy atom. The molecule has 154 valence electrons. The zero-order chi connectivity index (χ0) is 20.9. The molecule has 1 aromatic carbocycles. The van der Waals surface area contributed by atoms with Gasteiger partial charge in [0, 0.05) is 21.7 Å². The highest BCUT2D eigenvalue weighted by atomic mass is 35.5. The summed E-state index contributed by atoms with van der Waals surface area (Å²) in [6, 6.07) is 3.90. The number of carbonyl (C=O) groups is 1. The maximum absolute atomic E-state index is 12.1. The first-order valence-electron chi connectivity index (χ1n) is 9.78. The van der Waals surface area contributed by atoms with E-state index < -0.39 is 5.41 Å². The molecular weight excluding hydrogens is 422 g/mol. The van der Waals surface area contributed by atoms with E-state index in [1.54, 1.807) is 31.0 Å². The van der Waals surface area contributed by atoms with E-state index in [9.17, 15) is 4.79 Å². The Bertz CT molecular complexity index is 1280. The van der Waals surface area contributed by atoms with Gasteiger partial charge in [0.15, 0.2) is 0 Å². The van der Waals surface area contributed by atoms with Gasteiger partial charge in [0.2, 0.25) is 5.24 Å². The summed E-state index contributed by atoms with van der Waals surface area (Å²) in [7, 11) is 1.64. The second-order valence-corrected chi connectivity index (χ2v) is 9.05. The van der Waals surface area contributed by atoms with E-state index in [-0.39, 0.29) is 5.24 Å². The highest BCUT2D eigenvalue weighted by Crippen LogP contribution is 2.47. The highest BCUT2D eigenvalue weighted by Gasteiger charge is 2.40. The summed E-state index contributed by atoms with van der Waals surface area (Å²) in [5.74, 6) is 1.43. The second kappa shape index (κ2) is 7.21. The van der Waals surface area contributed by atoms with Gasteiger partial charge in [-0.25, -0.2) is 9.97 Å². The number of thiophene rings is 1. The van der Waals surface area contributed by atoms with Crippen molar-refractivity contribution >= 4 is 60.8 Å². The zero-order valence-corrected chi connectivity index (χ0v) is 18.2. The molecule has 3 heterocycles. The third kappa shape index (κ3) is 2.94. The summed E-state index contributed by atoms with van der Waals surface area (Å²) in [5, 5.41) is 12.2. The number of aryl methyl sites for hydroxylation is 1. The van der Waals surface area contributed by atoms with Crippen LogP contribution in [0.5, 0.6) is 5.75 Å². The number of ether oxygens (including phenoxy) is 1. The molecule has 30 heavy (non-hydrogen) atoms. The van der Waals surface area contributed by atoms with Gasteiger partial charge in [0.1, 0.15) is 22.7 Å². The minimum Gasteiger partial charge on any atom is -0.494 e. The van der Waals surface area contributed by atoms with Crippen molar-refractivity contribution in [1.82, 2.24) is 20.2 Å². The molecule has 0 saturated carbocycles. The second-order valence-electron chi connectivity index (χ2n) is 7.63. The summed E-state index contributed by atoms with van der Waals surface area (Å²) in [6.45, 7) is 2.03. The van der Waals surface area contributed by atoms with Gasteiger partial charge in [-0.2, -0.15) is 5.10 Å². The molecule has 1 aliphatic rings. The number of aromatic amines is 1. The number of hydrogen-bond acceptors (Lipinski definition) is 7. The molecule has 0 saturated heterocycles. The van der Waals surface area contributed by atoms with E-state index in [0.717, 1.165) is 51.9 Å². The summed E-state index contributed by atoms with van der Waals surface area (Å²) in [5.41, 5.74) is 2.44. The van der Waals surface area contributed by atoms with Crippen LogP contribution in [0.4, 0.5) is 11.5 Å². The Kier molecular flexibility index (Phi) is 4.63. The minimum absolute atomic E-state index is 0.240. The lowest BCUT2D eigenvalue weighted by atomic mass is 9.73. The maximum atomic E-state index is 12.1. The van der Waals surface area contributed by atoms with Crippen molar-refractivity contribution in [2.24, 2.45) is 5.41 Å². The van der Waals surface area contributed by atoms with Gasteiger partial charge in [-0.05, 0) is 48.9 Å². The third-order valence-corrected chi connectivity index (χ3v) is 7.67. The van der Waals surface area contributed by atoms with Crippen LogP contribution in [0, 0.1) is 5.41 Å². The number of fused-ring (bicyclic) bond motifs is 4. The van der Waals surface area contributed by atoms with E-state index >= 15 is 0 Å². The lowest BCUT2D eigenvalue weighted by Gasteiger charge is -2.32. The van der Waals surface area contributed by atoms with Crippen LogP contribution in [-0.4, -0.2) is 32.5 Å². The number of anilines is 2. The van der Waals surface area contributed by atoms with Gasteiger partial charge in [-0.1, -0.05) is 6.92 Å². The number of methoxy groups -OCH3 is 1. The Morgan fingerprint density at radius 1 is 1.40 bits per heavy atom. The van der Waals surface area contributed by atoms with Crippen LogP contribution in [0.1, 0.15) is 30.2 Å². The lowest BCUT2D eigenvalue weighted by molar-refractivity contribution is -0.121. The summed E-state index contributed by atoms with van der Waals surface area (Å²) in [4.78, 5) is 23.3. The molecule has 9 heteroatoms. The quantitative estimate of drug-likeness (QED) is 0.425. The number of carbonyl (C=O) groups excluding carboxylic acids is 1. The van der Waals surface area contributed by atoms with Crippen LogP contribution in [0.3, 0.4) is 0 Å². The predicted molar refractivity (Wildman–Crippen MR) is 119 cm³/mol. The van der Waals surface area contributed by atoms with E-state index in [1.165, 1.54) is 10.4 Å². The molecule has 2 N–H and O–H groups in total. The van der Waals surface area contributed by atoms with Crippen molar-refractivity contribution < 1.29 is 9.53 Å². The first kappa shape index (κ1) is 19.3. The van der Waals surface area contributed by atoms with Gasteiger partial charge in [-0.15, -0.1) is 11.3 Å². The van der Waals surface area contributed by atoms with Crippen LogP contribution >= 0.6 is 22.9 Å². The van der Waals surface area contributed by atoms with Crippen molar-refractivity contribution in [2.75, 3.05) is 12.4 Å². The SMILES string of the molecule is CC[C@@]1(C(=O)Cl)CCc2c(sc3ncnc(Nc4cc5cn[nH]c5cc4OC)c23)C1. The van der Waals surface area contributed by atoms with Crippen LogP contribution in [0.15, 0.2) is 24.7 Å². The fourth-order valence-corrected chi connectivity index (χ4v) is 5.90. The molecule has 0 fully saturated rings. The molecular formula is C21H20ClN5O2S. The number of nitrogens with zero attached hydrogens (tertiary/aromatic N) is 3. The number of halogens is 1. The molecule has 3 aromatic heterocycles. The van der Waals surface area contributed by atoms with Crippen LogP contribution in [0.2, 0.25) is 0 Å². The maximum Gasteiger partial charge on any atom is 0.228 e. The van der Waals surface area contributed by atoms with Crippen LogP contribution in [0.25, 0.3) is 21.1 Å². The van der Waals surface area contributed by atoms with E-state index in [0.29, 0.717) is 12.2 Å². The molecule has 1 atom stereocenters. The number of benzene rings is 1. The van der Waals surface area contributed by atoms with Crippen LogP contribution in [-0.2, 0) is 17.6 Å². The number of rotatable bonds is 5. The first-order chi connectivity index (χ1) is 14.5. The molecule has 0 unspecified atom stereocenters. The van der Waals surface area contributed by atoms with Gasteiger partial charge >= 0.3 is 0 Å². The molecule has 4 aromatic rings. The fourth-order valence-electron chi connectivity index (χ4n) is 4.27. The van der Waals surface area contributed by atoms with E-state index in [2.05, 4.69) is 25.5 Å². The first-order valence-corrected chi connectivity index (χ1v) is 11.0. The molecule has 0 radical (unpaired) electrons. The standard InChI is InChI=1S/C21H20ClN5O2S/c1-3-21(20(22)28)5-4-12-16(8-21)30-19-17(12)18(23-10-24-19)26-14-6-11-9-25-27-13(11)7-15(14)29-2/h6-7,9-10H,3-5,8H2,1-2H3,(H,25,27)(H,23,24,26)/t21-/m1/s1. The van der Waals surface area contributed by atoms with Crippen molar-refractivity contribution in [3.63, 3.8) is 0 Å². The van der Waals surface area contributed by atoms with Crippen molar-refractivity contribution in [1.29, 1.82) is 0 Å². The van der Waals surface area contributed by atoms with Crippen molar-refractivity contribution in [3.05, 3.63) is 35.1 Å². The Labute approximate surface area is 181 Å². The average Bonchev–Trinajstić information content (AvgIpc) is 3.36. The van der Waals surface area contributed by atoms with Gasteiger partial charge in [0.25, 0.3) is 0 Å². The number of H-pyrrole nitrogens is 1. The predicted octanol–water partition coefficient (Wildman–Crippen LogP) is 4.97. The highest BCUT2D eigenvalue weighted by molar-refractivity contribution is 7.19. The molecule has 1 aliphatic carbocycles. The topological polar surface area (TPSA) is 92.8 Å². The lowest BCUT2D eigenvalue weighted by Crippen LogP contribution is -2.33. The third-order valence-electron chi connectivity index (χ3n) is 6.13. The Hall–Kier alpha value is -2.71. The van der Waals surface area contributed by atoms with Crippen LogP contribution < -0.4 is 10.1 Å². The minimum atomic E-state index is -0.480. The molecule has 5 rings (SSSR count).